The van der Waals surface area contributed by atoms with Crippen molar-refractivity contribution in [2.45, 2.75) is 0 Å². The molecule has 6 nitrogen and oxygen atoms in total. The second-order valence-corrected chi connectivity index (χ2v) is 4.67. The van der Waals surface area contributed by atoms with Gasteiger partial charge in [-0.3, -0.25) is 15.1 Å². The van der Waals surface area contributed by atoms with Crippen LogP contribution in [0.5, 0.6) is 5.75 Å². The van der Waals surface area contributed by atoms with Crippen molar-refractivity contribution in [1.82, 2.24) is 0 Å². The van der Waals surface area contributed by atoms with Gasteiger partial charge < -0.3 is 10.0 Å². The summed E-state index contributed by atoms with van der Waals surface area (Å²) in [4.78, 5) is 16.1. The first-order valence-corrected chi connectivity index (χ1v) is 6.26. The van der Waals surface area contributed by atoms with E-state index in [4.69, 9.17) is 0 Å². The van der Waals surface area contributed by atoms with Gasteiger partial charge in [0.15, 0.2) is 0 Å². The first-order chi connectivity index (χ1) is 9.97. The summed E-state index contributed by atoms with van der Waals surface area (Å²) in [6, 6.07) is 11.5. The van der Waals surface area contributed by atoms with Crippen LogP contribution in [0.4, 0.5) is 17.1 Å². The summed E-state index contributed by atoms with van der Waals surface area (Å²) in [6.07, 6.45) is 1.60. The maximum atomic E-state index is 10.6. The Morgan fingerprint density at radius 1 is 1.19 bits per heavy atom. The van der Waals surface area contributed by atoms with Crippen molar-refractivity contribution in [2.75, 3.05) is 19.0 Å². The second kappa shape index (κ2) is 6.04. The number of benzene rings is 2. The van der Waals surface area contributed by atoms with Crippen LogP contribution in [-0.4, -0.2) is 30.3 Å². The number of aliphatic imine (C=N–C) groups is 1. The molecule has 0 aliphatic heterocycles. The summed E-state index contributed by atoms with van der Waals surface area (Å²) >= 11 is 0. The minimum atomic E-state index is -0.562. The normalized spacial score (nSPS) is 10.8. The van der Waals surface area contributed by atoms with E-state index in [1.807, 2.05) is 43.3 Å². The van der Waals surface area contributed by atoms with Crippen LogP contribution in [-0.2, 0) is 0 Å². The van der Waals surface area contributed by atoms with Crippen LogP contribution < -0.4 is 4.90 Å². The number of anilines is 1. The van der Waals surface area contributed by atoms with Crippen molar-refractivity contribution in [2.24, 2.45) is 4.99 Å². The highest BCUT2D eigenvalue weighted by Gasteiger charge is 2.08. The fourth-order valence-electron chi connectivity index (χ4n) is 1.74. The van der Waals surface area contributed by atoms with Gasteiger partial charge in [-0.1, -0.05) is 12.1 Å². The van der Waals surface area contributed by atoms with E-state index in [0.29, 0.717) is 0 Å². The van der Waals surface area contributed by atoms with E-state index in [0.717, 1.165) is 17.3 Å². The predicted octanol–water partition coefficient (Wildman–Crippen LogP) is 3.12. The number of aromatic hydroxyl groups is 1. The minimum Gasteiger partial charge on any atom is -0.505 e. The molecule has 0 unspecified atom stereocenters. The lowest BCUT2D eigenvalue weighted by atomic mass is 10.2. The summed E-state index contributed by atoms with van der Waals surface area (Å²) in [6.45, 7) is 0. The van der Waals surface area contributed by atoms with Crippen LogP contribution in [0.15, 0.2) is 47.5 Å². The standard InChI is InChI=1S/C15H15N3O3/c1-17(2)12-5-3-11(4-6-12)10-16-14-8-7-13(18(20)21)9-15(14)19/h3-10,19H,1-2H3. The van der Waals surface area contributed by atoms with Crippen molar-refractivity contribution in [1.29, 1.82) is 0 Å². The lowest BCUT2D eigenvalue weighted by Gasteiger charge is -2.11. The molecular weight excluding hydrogens is 270 g/mol. The fourth-order valence-corrected chi connectivity index (χ4v) is 1.74. The SMILES string of the molecule is CN(C)c1ccc(C=Nc2ccc([N+](=O)[O-])cc2O)cc1. The number of rotatable bonds is 4. The number of nitro benzene ring substituents is 1. The quantitative estimate of drug-likeness (QED) is 0.532. The number of non-ortho nitro benzene ring substituents is 1. The Balaban J connectivity index is 2.19. The van der Waals surface area contributed by atoms with Crippen LogP contribution in [0.25, 0.3) is 0 Å². The molecule has 2 aromatic carbocycles. The maximum absolute atomic E-state index is 10.6. The van der Waals surface area contributed by atoms with Gasteiger partial charge in [0.1, 0.15) is 11.4 Å². The van der Waals surface area contributed by atoms with Gasteiger partial charge in [-0.05, 0) is 23.8 Å². The Kier molecular flexibility index (Phi) is 4.18. The largest absolute Gasteiger partial charge is 0.505 e. The van der Waals surface area contributed by atoms with E-state index in [1.165, 1.54) is 12.1 Å². The molecule has 21 heavy (non-hydrogen) atoms. The van der Waals surface area contributed by atoms with Gasteiger partial charge in [0.05, 0.1) is 11.0 Å². The Hall–Kier alpha value is -2.89. The first kappa shape index (κ1) is 14.5. The molecule has 0 amide bonds. The molecule has 0 radical (unpaired) electrons. The van der Waals surface area contributed by atoms with Crippen molar-refractivity contribution < 1.29 is 10.0 Å². The Morgan fingerprint density at radius 2 is 1.86 bits per heavy atom. The first-order valence-electron chi connectivity index (χ1n) is 6.26. The molecule has 108 valence electrons. The van der Waals surface area contributed by atoms with Crippen molar-refractivity contribution in [3.63, 3.8) is 0 Å². The molecule has 0 bridgehead atoms. The number of hydrogen-bond donors (Lipinski definition) is 1. The third kappa shape index (κ3) is 3.56. The van der Waals surface area contributed by atoms with Crippen LogP contribution in [0.1, 0.15) is 5.56 Å². The zero-order valence-electron chi connectivity index (χ0n) is 11.7. The summed E-state index contributed by atoms with van der Waals surface area (Å²) in [5.74, 6) is -0.217. The van der Waals surface area contributed by atoms with Gasteiger partial charge in [0, 0.05) is 32.1 Å². The fraction of sp³-hybridized carbons (Fsp3) is 0.133. The van der Waals surface area contributed by atoms with E-state index in [9.17, 15) is 15.2 Å². The van der Waals surface area contributed by atoms with Gasteiger partial charge >= 0.3 is 0 Å². The third-order valence-corrected chi connectivity index (χ3v) is 2.93. The monoisotopic (exact) mass is 285 g/mol. The lowest BCUT2D eigenvalue weighted by Crippen LogP contribution is -2.08. The average molecular weight is 285 g/mol. The number of nitrogens with zero attached hydrogens (tertiary/aromatic N) is 3. The van der Waals surface area contributed by atoms with Crippen molar-refractivity contribution >= 4 is 23.3 Å². The van der Waals surface area contributed by atoms with E-state index < -0.39 is 4.92 Å². The molecular formula is C15H15N3O3. The molecule has 0 aliphatic carbocycles. The minimum absolute atomic E-state index is 0.165. The van der Waals surface area contributed by atoms with Gasteiger partial charge in [-0.25, -0.2) is 0 Å². The molecule has 0 saturated heterocycles. The Bertz CT molecular complexity index is 679. The molecule has 1 N–H and O–H groups in total. The average Bonchev–Trinajstić information content (AvgIpc) is 2.46. The van der Waals surface area contributed by atoms with Gasteiger partial charge in [0.25, 0.3) is 5.69 Å². The highest BCUT2D eigenvalue weighted by Crippen LogP contribution is 2.30. The molecule has 6 heteroatoms. The van der Waals surface area contributed by atoms with Gasteiger partial charge in [-0.15, -0.1) is 0 Å². The Labute approximate surface area is 122 Å². The summed E-state index contributed by atoms with van der Waals surface area (Å²) in [5.41, 5.74) is 2.07. The molecule has 0 heterocycles. The lowest BCUT2D eigenvalue weighted by molar-refractivity contribution is -0.384. The molecule has 0 aromatic heterocycles. The summed E-state index contributed by atoms with van der Waals surface area (Å²) < 4.78 is 0. The zero-order valence-corrected chi connectivity index (χ0v) is 11.7. The zero-order chi connectivity index (χ0) is 15.4. The molecule has 2 rings (SSSR count). The number of phenolic OH excluding ortho intramolecular Hbond substituents is 1. The van der Waals surface area contributed by atoms with Crippen LogP contribution in [0, 0.1) is 10.1 Å². The summed E-state index contributed by atoms with van der Waals surface area (Å²) in [7, 11) is 3.91. The van der Waals surface area contributed by atoms with E-state index in [2.05, 4.69) is 4.99 Å². The van der Waals surface area contributed by atoms with Gasteiger partial charge in [0.2, 0.25) is 0 Å². The number of nitro groups is 1. The van der Waals surface area contributed by atoms with E-state index >= 15 is 0 Å². The number of hydrogen-bond acceptors (Lipinski definition) is 5. The molecule has 0 fully saturated rings. The highest BCUT2D eigenvalue weighted by molar-refractivity contribution is 5.83. The smallest absolute Gasteiger partial charge is 0.273 e. The van der Waals surface area contributed by atoms with Crippen LogP contribution in [0.3, 0.4) is 0 Å². The van der Waals surface area contributed by atoms with Crippen LogP contribution in [0.2, 0.25) is 0 Å². The van der Waals surface area contributed by atoms with Crippen molar-refractivity contribution in [3.8, 4) is 5.75 Å². The molecule has 0 atom stereocenters. The predicted molar refractivity (Wildman–Crippen MR) is 82.8 cm³/mol. The third-order valence-electron chi connectivity index (χ3n) is 2.93. The van der Waals surface area contributed by atoms with E-state index in [-0.39, 0.29) is 17.1 Å². The highest BCUT2D eigenvalue weighted by atomic mass is 16.6. The molecule has 0 spiro atoms. The second-order valence-electron chi connectivity index (χ2n) is 4.67. The van der Waals surface area contributed by atoms with Crippen LogP contribution >= 0.6 is 0 Å². The van der Waals surface area contributed by atoms with Crippen molar-refractivity contribution in [3.05, 3.63) is 58.1 Å². The molecule has 0 saturated carbocycles. The Morgan fingerprint density at radius 3 is 2.38 bits per heavy atom. The molecule has 0 aliphatic rings. The summed E-state index contributed by atoms with van der Waals surface area (Å²) in [5, 5.41) is 20.3. The molecule has 2 aromatic rings. The topological polar surface area (TPSA) is 79.0 Å². The number of phenols is 1. The van der Waals surface area contributed by atoms with E-state index in [1.54, 1.807) is 6.21 Å². The maximum Gasteiger partial charge on any atom is 0.273 e. The van der Waals surface area contributed by atoms with Gasteiger partial charge in [-0.2, -0.15) is 0 Å².